The number of hydrogen-bond donors (Lipinski definition) is 0. The van der Waals surface area contributed by atoms with Gasteiger partial charge < -0.3 is 24.0 Å². The summed E-state index contributed by atoms with van der Waals surface area (Å²) in [7, 11) is 0. The SMILES string of the molecule is CCCCCCCCCCCCOc1c(CN2C=CC(=C/C=C3\C(=O)N(CCC)C(=O)C(C#N)=C3C)C=C2)cc(CN2C=CC(=C/C=C3\C(=O)N(CCC)C(=O)C(C#N)=C3C)C=C2)c(OCCCCCCCCCCCC)c1OCCCCCCCCCCCC. The van der Waals surface area contributed by atoms with Crippen molar-refractivity contribution in [2.45, 2.75) is 267 Å². The molecule has 4 aliphatic heterocycles. The van der Waals surface area contributed by atoms with Gasteiger partial charge in [-0.2, -0.15) is 10.5 Å². The number of carbonyl (C=O) groups excluding carboxylic acids is 4. The molecule has 0 saturated heterocycles. The van der Waals surface area contributed by atoms with Gasteiger partial charge in [0.1, 0.15) is 23.3 Å². The minimum atomic E-state index is -0.542. The lowest BCUT2D eigenvalue weighted by molar-refractivity contribution is -0.142. The van der Waals surface area contributed by atoms with E-state index in [0.717, 1.165) is 60.8 Å². The quantitative estimate of drug-likeness (QED) is 0.0348. The first-order valence-electron chi connectivity index (χ1n) is 35.6. The van der Waals surface area contributed by atoms with Crippen LogP contribution in [-0.2, 0) is 32.3 Å². The highest BCUT2D eigenvalue weighted by Gasteiger charge is 2.36. The maximum absolute atomic E-state index is 13.6. The molecule has 0 atom stereocenters. The fourth-order valence-corrected chi connectivity index (χ4v) is 12.0. The molecule has 4 amide bonds. The third kappa shape index (κ3) is 24.8. The Morgan fingerprint density at radius 1 is 0.374 bits per heavy atom. The Morgan fingerprint density at radius 2 is 0.659 bits per heavy atom. The van der Waals surface area contributed by atoms with Crippen LogP contribution in [0.25, 0.3) is 0 Å². The lowest BCUT2D eigenvalue weighted by Crippen LogP contribution is -2.43. The van der Waals surface area contributed by atoms with Crippen LogP contribution in [0.4, 0.5) is 0 Å². The molecule has 0 saturated carbocycles. The van der Waals surface area contributed by atoms with Crippen molar-refractivity contribution in [1.29, 1.82) is 10.5 Å². The maximum atomic E-state index is 13.6. The molecule has 1 aromatic carbocycles. The standard InChI is InChI=1S/C78H112N6O7/c1-8-13-16-19-22-25-28-31-34-37-54-89-72-66(60-81-50-44-64(45-51-81)40-42-68-62(6)70(58-79)77(87)83(48-11-4)75(68)85)57-67(61-82-52-46-65(47-53-82)41-43-69-63(7)71(59-80)78(88)84(49-12-5)76(69)86)73(90-55-38-35-32-29-26-23-20-17-14-9-2)74(72)91-56-39-36-33-30-27-24-21-18-15-10-3/h40-47,50-53,57H,8-39,48-49,54-56,60-61H2,1-7H3/b68-42-,69-43-. The first-order chi connectivity index (χ1) is 44.5. The third-order valence-corrected chi connectivity index (χ3v) is 17.5. The number of hydrogen-bond acceptors (Lipinski definition) is 11. The molecule has 5 rings (SSSR count). The Labute approximate surface area is 549 Å². The van der Waals surface area contributed by atoms with E-state index in [1.165, 1.54) is 164 Å². The van der Waals surface area contributed by atoms with E-state index in [4.69, 9.17) is 14.2 Å². The van der Waals surface area contributed by atoms with Crippen molar-refractivity contribution in [2.75, 3.05) is 32.9 Å². The van der Waals surface area contributed by atoms with E-state index in [-0.39, 0.29) is 24.2 Å². The summed E-state index contributed by atoms with van der Waals surface area (Å²) in [5, 5.41) is 19.8. The molecule has 0 radical (unpaired) electrons. The molecule has 4 heterocycles. The van der Waals surface area contributed by atoms with Gasteiger partial charge in [-0.3, -0.25) is 29.0 Å². The molecule has 4 aliphatic rings. The van der Waals surface area contributed by atoms with Gasteiger partial charge in [0.25, 0.3) is 23.6 Å². The fraction of sp³-hybridized carbons (Fsp3) is 0.590. The Kier molecular flexibility index (Phi) is 35.8. The minimum absolute atomic E-state index is 0.00865. The van der Waals surface area contributed by atoms with Crippen LogP contribution in [0.2, 0.25) is 0 Å². The highest BCUT2D eigenvalue weighted by Crippen LogP contribution is 2.45. The zero-order chi connectivity index (χ0) is 65.4. The van der Waals surface area contributed by atoms with Crippen LogP contribution in [0.15, 0.2) is 124 Å². The van der Waals surface area contributed by atoms with Crippen molar-refractivity contribution in [3.05, 3.63) is 135 Å². The number of rotatable bonds is 46. The van der Waals surface area contributed by atoms with Gasteiger partial charge in [0.05, 0.1) is 32.9 Å². The van der Waals surface area contributed by atoms with Crippen molar-refractivity contribution in [2.24, 2.45) is 0 Å². The summed E-state index contributed by atoms with van der Waals surface area (Å²) in [6.07, 6.45) is 61.0. The largest absolute Gasteiger partial charge is 0.489 e. The molecule has 1 aromatic rings. The number of benzene rings is 1. The van der Waals surface area contributed by atoms with E-state index < -0.39 is 23.6 Å². The van der Waals surface area contributed by atoms with Gasteiger partial charge in [0.15, 0.2) is 11.5 Å². The second kappa shape index (κ2) is 43.6. The number of ether oxygens (including phenoxy) is 3. The highest BCUT2D eigenvalue weighted by atomic mass is 16.5. The van der Waals surface area contributed by atoms with E-state index >= 15 is 0 Å². The monoisotopic (exact) mass is 1240 g/mol. The second-order valence-corrected chi connectivity index (χ2v) is 25.1. The third-order valence-electron chi connectivity index (χ3n) is 17.5. The second-order valence-electron chi connectivity index (χ2n) is 25.1. The summed E-state index contributed by atoms with van der Waals surface area (Å²) in [4.78, 5) is 59.9. The van der Waals surface area contributed by atoms with E-state index in [0.29, 0.717) is 85.3 Å². The molecule has 0 aromatic heterocycles. The number of amides is 4. The maximum Gasteiger partial charge on any atom is 0.271 e. The minimum Gasteiger partial charge on any atom is -0.489 e. The Morgan fingerprint density at radius 3 is 0.945 bits per heavy atom. The summed E-state index contributed by atoms with van der Waals surface area (Å²) in [6.45, 7) is 16.9. The van der Waals surface area contributed by atoms with Crippen LogP contribution < -0.4 is 14.2 Å². The van der Waals surface area contributed by atoms with Crippen molar-refractivity contribution < 1.29 is 33.4 Å². The van der Waals surface area contributed by atoms with E-state index in [2.05, 4.69) is 36.6 Å². The summed E-state index contributed by atoms with van der Waals surface area (Å²) in [5.74, 6) is 0.190. The van der Waals surface area contributed by atoms with Gasteiger partial charge in [-0.1, -0.05) is 220 Å². The van der Waals surface area contributed by atoms with Gasteiger partial charge in [0, 0.05) is 60.2 Å². The number of nitriles is 2. The van der Waals surface area contributed by atoms with Gasteiger partial charge in [-0.05, 0) is 111 Å². The summed E-state index contributed by atoms with van der Waals surface area (Å²) < 4.78 is 21.2. The van der Waals surface area contributed by atoms with Crippen LogP contribution in [0, 0.1) is 22.7 Å². The first kappa shape index (κ1) is 74.6. The zero-order valence-electron chi connectivity index (χ0n) is 57.1. The Hall–Kier alpha value is -7.12. The van der Waals surface area contributed by atoms with E-state index in [1.807, 2.05) is 87.2 Å². The zero-order valence-corrected chi connectivity index (χ0v) is 57.1. The average molecular weight is 1250 g/mol. The number of allylic oxidation sites excluding steroid dienone is 10. The van der Waals surface area contributed by atoms with E-state index in [1.54, 1.807) is 26.0 Å². The van der Waals surface area contributed by atoms with Crippen LogP contribution in [0.1, 0.15) is 265 Å². The summed E-state index contributed by atoms with van der Waals surface area (Å²) >= 11 is 0. The van der Waals surface area contributed by atoms with Crippen LogP contribution in [0.5, 0.6) is 17.2 Å². The molecule has 13 heteroatoms. The number of imide groups is 2. The summed E-state index contributed by atoms with van der Waals surface area (Å²) in [5.41, 5.74) is 5.03. The molecule has 496 valence electrons. The van der Waals surface area contributed by atoms with Crippen molar-refractivity contribution in [3.8, 4) is 29.4 Å². The van der Waals surface area contributed by atoms with Gasteiger partial charge >= 0.3 is 0 Å². The lowest BCUT2D eigenvalue weighted by atomic mass is 9.94. The molecule has 0 fully saturated rings. The van der Waals surface area contributed by atoms with Crippen LogP contribution in [-0.4, -0.2) is 76.1 Å². The average Bonchev–Trinajstić information content (AvgIpc) is 1.05. The molecule has 13 nitrogen and oxygen atoms in total. The van der Waals surface area contributed by atoms with Gasteiger partial charge in [-0.15, -0.1) is 0 Å². The fourth-order valence-electron chi connectivity index (χ4n) is 12.0. The number of unbranched alkanes of at least 4 members (excludes halogenated alkanes) is 27. The molecule has 0 spiro atoms. The lowest BCUT2D eigenvalue weighted by Gasteiger charge is -2.27. The van der Waals surface area contributed by atoms with Crippen LogP contribution in [0.3, 0.4) is 0 Å². The predicted octanol–water partition coefficient (Wildman–Crippen LogP) is 19.2. The van der Waals surface area contributed by atoms with Gasteiger partial charge in [0.2, 0.25) is 5.75 Å². The summed E-state index contributed by atoms with van der Waals surface area (Å²) in [6, 6.07) is 6.30. The molecule has 0 aliphatic carbocycles. The Balaban J connectivity index is 1.52. The van der Waals surface area contributed by atoms with Crippen molar-refractivity contribution in [1.82, 2.24) is 19.6 Å². The molecular formula is C78H112N6O7. The molecular weight excluding hydrogens is 1130 g/mol. The Bertz CT molecular complexity index is 2710. The van der Waals surface area contributed by atoms with Gasteiger partial charge in [-0.25, -0.2) is 0 Å². The number of nitrogens with zero attached hydrogens (tertiary/aromatic N) is 6. The first-order valence-corrected chi connectivity index (χ1v) is 35.6. The molecule has 0 N–H and O–H groups in total. The normalized spacial score (nSPS) is 16.0. The molecule has 91 heavy (non-hydrogen) atoms. The highest BCUT2D eigenvalue weighted by molar-refractivity contribution is 6.19. The van der Waals surface area contributed by atoms with Crippen molar-refractivity contribution in [3.63, 3.8) is 0 Å². The predicted molar refractivity (Wildman–Crippen MR) is 369 cm³/mol. The topological polar surface area (TPSA) is 157 Å². The molecule has 0 bridgehead atoms. The number of carbonyl (C=O) groups is 4. The smallest absolute Gasteiger partial charge is 0.271 e. The van der Waals surface area contributed by atoms with Crippen LogP contribution >= 0.6 is 0 Å². The van der Waals surface area contributed by atoms with Crippen molar-refractivity contribution >= 4 is 23.6 Å². The van der Waals surface area contributed by atoms with E-state index in [9.17, 15) is 29.7 Å². The molecule has 0 unspecified atom stereocenters.